The molecule has 0 fully saturated rings. The van der Waals surface area contributed by atoms with Crippen LogP contribution in [0.3, 0.4) is 0 Å². The number of aryl methyl sites for hydroxylation is 1. The van der Waals surface area contributed by atoms with Gasteiger partial charge < -0.3 is 10.2 Å². The number of hydrogen-bond acceptors (Lipinski definition) is 5. The van der Waals surface area contributed by atoms with Gasteiger partial charge in [0.05, 0.1) is 0 Å². The van der Waals surface area contributed by atoms with Gasteiger partial charge in [0.1, 0.15) is 5.82 Å². The van der Waals surface area contributed by atoms with Crippen LogP contribution < -0.4 is 0 Å². The number of hydrogen-bond donors (Lipinski definition) is 2. The molecule has 0 aliphatic rings. The Kier molecular flexibility index (Phi) is 4.53. The van der Waals surface area contributed by atoms with Gasteiger partial charge in [0.15, 0.2) is 0 Å². The summed E-state index contributed by atoms with van der Waals surface area (Å²) in [7, 11) is 0. The van der Waals surface area contributed by atoms with E-state index < -0.39 is 5.30 Å². The molecule has 7 heteroatoms. The van der Waals surface area contributed by atoms with Crippen LogP contribution in [0.2, 0.25) is 0 Å². The van der Waals surface area contributed by atoms with Gasteiger partial charge in [-0.1, -0.05) is 18.2 Å². The lowest BCUT2D eigenvalue weighted by atomic mass is 10.3. The molecule has 0 saturated carbocycles. The van der Waals surface area contributed by atoms with Crippen LogP contribution in [0.5, 0.6) is 0 Å². The number of aromatic nitrogens is 3. The third-order valence-electron chi connectivity index (χ3n) is 2.45. The molecule has 0 bridgehead atoms. The van der Waals surface area contributed by atoms with Crippen LogP contribution in [-0.4, -0.2) is 36.9 Å². The zero-order chi connectivity index (χ0) is 13.7. The van der Waals surface area contributed by atoms with E-state index in [1.807, 2.05) is 30.3 Å². The molecule has 2 N–H and O–H groups in total. The predicted molar refractivity (Wildman–Crippen MR) is 70.6 cm³/mol. The van der Waals surface area contributed by atoms with Gasteiger partial charge in [-0.05, 0) is 18.6 Å². The van der Waals surface area contributed by atoms with Crippen molar-refractivity contribution in [3.05, 3.63) is 36.2 Å². The molecule has 0 aliphatic carbocycles. The van der Waals surface area contributed by atoms with Crippen molar-refractivity contribution in [2.75, 3.05) is 6.61 Å². The van der Waals surface area contributed by atoms with Crippen LogP contribution in [0.4, 0.5) is 4.79 Å². The van der Waals surface area contributed by atoms with Crippen LogP contribution in [0.25, 0.3) is 5.69 Å². The van der Waals surface area contributed by atoms with E-state index in [9.17, 15) is 4.79 Å². The average molecular weight is 279 g/mol. The topological polar surface area (TPSA) is 88.2 Å². The molecular weight excluding hydrogens is 266 g/mol. The minimum atomic E-state index is -1.03. The van der Waals surface area contributed by atoms with E-state index in [4.69, 9.17) is 10.2 Å². The maximum atomic E-state index is 10.8. The molecule has 2 aromatic rings. The maximum absolute atomic E-state index is 10.8. The standard InChI is InChI=1S/C12H13N3O3S/c16-8-4-7-10-13-14-11(19-12(17)18)15(10)9-5-2-1-3-6-9/h1-3,5-6,16H,4,7-8H2,(H,17,18). The highest BCUT2D eigenvalue weighted by Gasteiger charge is 2.16. The molecule has 1 aromatic carbocycles. The summed E-state index contributed by atoms with van der Waals surface area (Å²) in [6.45, 7) is 0.0586. The summed E-state index contributed by atoms with van der Waals surface area (Å²) in [5.41, 5.74) is 0.809. The van der Waals surface area contributed by atoms with Crippen molar-refractivity contribution in [3.63, 3.8) is 0 Å². The Hall–Kier alpha value is -1.86. The van der Waals surface area contributed by atoms with Gasteiger partial charge in [-0.2, -0.15) is 0 Å². The second-order valence-electron chi connectivity index (χ2n) is 3.76. The van der Waals surface area contributed by atoms with Crippen molar-refractivity contribution >= 4 is 17.1 Å². The van der Waals surface area contributed by atoms with E-state index in [1.54, 1.807) is 4.57 Å². The fourth-order valence-corrected chi connectivity index (χ4v) is 2.22. The van der Waals surface area contributed by atoms with E-state index in [0.29, 0.717) is 35.6 Å². The summed E-state index contributed by atoms with van der Waals surface area (Å²) in [5, 5.41) is 24.9. The lowest BCUT2D eigenvalue weighted by Crippen LogP contribution is -2.04. The number of carbonyl (C=O) groups is 1. The monoisotopic (exact) mass is 279 g/mol. The number of benzene rings is 1. The number of carboxylic acid groups (broad SMARTS) is 1. The third kappa shape index (κ3) is 3.33. The Morgan fingerprint density at radius 2 is 2.00 bits per heavy atom. The van der Waals surface area contributed by atoms with E-state index in [-0.39, 0.29) is 6.61 Å². The van der Waals surface area contributed by atoms with Gasteiger partial charge in [0.2, 0.25) is 5.16 Å². The van der Waals surface area contributed by atoms with E-state index in [1.165, 1.54) is 0 Å². The minimum Gasteiger partial charge on any atom is -0.473 e. The molecule has 6 nitrogen and oxygen atoms in total. The number of aliphatic hydroxyl groups excluding tert-OH is 1. The Labute approximate surface area is 114 Å². The van der Waals surface area contributed by atoms with E-state index >= 15 is 0 Å². The molecule has 0 aliphatic heterocycles. The fraction of sp³-hybridized carbons (Fsp3) is 0.250. The first-order valence-electron chi connectivity index (χ1n) is 5.73. The molecule has 100 valence electrons. The SMILES string of the molecule is O=C(O)Sc1nnc(CCCO)n1-c1ccccc1. The fourth-order valence-electron chi connectivity index (χ4n) is 1.68. The van der Waals surface area contributed by atoms with Crippen molar-refractivity contribution in [2.45, 2.75) is 18.0 Å². The first kappa shape index (κ1) is 13.6. The summed E-state index contributed by atoms with van der Waals surface area (Å²) < 4.78 is 1.70. The predicted octanol–water partition coefficient (Wildman–Crippen LogP) is 1.96. The highest BCUT2D eigenvalue weighted by molar-refractivity contribution is 8.13. The van der Waals surface area contributed by atoms with Gasteiger partial charge in [-0.15, -0.1) is 10.2 Å². The molecule has 0 unspecified atom stereocenters. The van der Waals surface area contributed by atoms with E-state index in [0.717, 1.165) is 5.69 Å². The molecule has 0 radical (unpaired) electrons. The molecule has 0 saturated heterocycles. The van der Waals surface area contributed by atoms with Crippen LogP contribution in [-0.2, 0) is 6.42 Å². The Morgan fingerprint density at radius 3 is 2.63 bits per heavy atom. The first-order valence-corrected chi connectivity index (χ1v) is 6.55. The summed E-state index contributed by atoms with van der Waals surface area (Å²) in [5.74, 6) is 0.643. The summed E-state index contributed by atoms with van der Waals surface area (Å²) in [4.78, 5) is 10.8. The number of aliphatic hydroxyl groups is 1. The normalized spacial score (nSPS) is 10.6. The Balaban J connectivity index is 2.40. The Bertz CT molecular complexity index is 557. The summed E-state index contributed by atoms with van der Waals surface area (Å²) in [6.07, 6.45) is 1.10. The molecule has 0 amide bonds. The molecule has 2 rings (SSSR count). The third-order valence-corrected chi connectivity index (χ3v) is 3.07. The number of rotatable bonds is 5. The zero-order valence-electron chi connectivity index (χ0n) is 10.1. The van der Waals surface area contributed by atoms with Crippen molar-refractivity contribution in [2.24, 2.45) is 0 Å². The quantitative estimate of drug-likeness (QED) is 0.813. The Morgan fingerprint density at radius 1 is 1.26 bits per heavy atom. The molecule has 0 spiro atoms. The van der Waals surface area contributed by atoms with Crippen molar-refractivity contribution in [3.8, 4) is 5.69 Å². The second-order valence-corrected chi connectivity index (χ2v) is 4.68. The molecule has 19 heavy (non-hydrogen) atoms. The molecule has 1 heterocycles. The van der Waals surface area contributed by atoms with Crippen molar-refractivity contribution in [1.29, 1.82) is 0 Å². The van der Waals surface area contributed by atoms with Gasteiger partial charge in [0, 0.05) is 30.5 Å². The average Bonchev–Trinajstić information content (AvgIpc) is 2.79. The lowest BCUT2D eigenvalue weighted by molar-refractivity contribution is 0.222. The van der Waals surface area contributed by atoms with Crippen LogP contribution in [0, 0.1) is 0 Å². The zero-order valence-corrected chi connectivity index (χ0v) is 10.9. The van der Waals surface area contributed by atoms with Gasteiger partial charge in [0.25, 0.3) is 0 Å². The van der Waals surface area contributed by atoms with Gasteiger partial charge >= 0.3 is 5.30 Å². The molecule has 0 atom stereocenters. The number of nitrogens with zero attached hydrogens (tertiary/aromatic N) is 3. The van der Waals surface area contributed by atoms with Gasteiger partial charge in [-0.25, -0.2) is 4.79 Å². The lowest BCUT2D eigenvalue weighted by Gasteiger charge is -2.08. The summed E-state index contributed by atoms with van der Waals surface area (Å²) in [6, 6.07) is 9.32. The van der Waals surface area contributed by atoms with Crippen LogP contribution in [0.15, 0.2) is 35.5 Å². The van der Waals surface area contributed by atoms with Crippen molar-refractivity contribution < 1.29 is 15.0 Å². The largest absolute Gasteiger partial charge is 0.473 e. The highest BCUT2D eigenvalue weighted by Crippen LogP contribution is 2.22. The number of thioether (sulfide) groups is 1. The maximum Gasteiger partial charge on any atom is 0.372 e. The van der Waals surface area contributed by atoms with Crippen LogP contribution in [0.1, 0.15) is 12.2 Å². The van der Waals surface area contributed by atoms with Crippen molar-refractivity contribution in [1.82, 2.24) is 14.8 Å². The second kappa shape index (κ2) is 6.35. The smallest absolute Gasteiger partial charge is 0.372 e. The first-order chi connectivity index (χ1) is 9.22. The minimum absolute atomic E-state index is 0.0586. The molecule has 1 aromatic heterocycles. The van der Waals surface area contributed by atoms with Gasteiger partial charge in [-0.3, -0.25) is 4.57 Å². The van der Waals surface area contributed by atoms with E-state index in [2.05, 4.69) is 10.2 Å². The van der Waals surface area contributed by atoms with Crippen LogP contribution >= 0.6 is 11.8 Å². The molecular formula is C12H13N3O3S. The summed E-state index contributed by atoms with van der Waals surface area (Å²) >= 11 is 0.618. The number of para-hydroxylation sites is 1. The highest BCUT2D eigenvalue weighted by atomic mass is 32.2.